The van der Waals surface area contributed by atoms with E-state index in [0.717, 1.165) is 17.1 Å². The number of benzene rings is 2. The summed E-state index contributed by atoms with van der Waals surface area (Å²) < 4.78 is 18.7. The first-order chi connectivity index (χ1) is 17.7. The van der Waals surface area contributed by atoms with Crippen LogP contribution in [0.25, 0.3) is 45.0 Å². The van der Waals surface area contributed by atoms with Gasteiger partial charge in [-0.2, -0.15) is 5.10 Å². The van der Waals surface area contributed by atoms with Crippen molar-refractivity contribution in [2.45, 2.75) is 6.92 Å². The van der Waals surface area contributed by atoms with E-state index in [0.29, 0.717) is 43.8 Å². The molecule has 0 aliphatic rings. The van der Waals surface area contributed by atoms with Gasteiger partial charge in [0.1, 0.15) is 23.0 Å². The largest absolute Gasteiger partial charge is 0.364 e. The maximum Gasteiger partial charge on any atom is 0.265 e. The van der Waals surface area contributed by atoms with Gasteiger partial charge in [-0.05, 0) is 61.5 Å². The van der Waals surface area contributed by atoms with E-state index in [1.54, 1.807) is 45.6 Å². The molecule has 4 aromatic heterocycles. The van der Waals surface area contributed by atoms with Gasteiger partial charge in [-0.25, -0.2) is 18.9 Å². The highest BCUT2D eigenvalue weighted by Crippen LogP contribution is 2.34. The zero-order chi connectivity index (χ0) is 26.0. The van der Waals surface area contributed by atoms with Crippen LogP contribution >= 0.6 is 23.2 Å². The zero-order valence-corrected chi connectivity index (χ0v) is 21.1. The lowest BCUT2D eigenvalue weighted by molar-refractivity contribution is 0.0994. The van der Waals surface area contributed by atoms with Crippen molar-refractivity contribution in [2.24, 2.45) is 12.8 Å². The molecule has 2 N–H and O–H groups in total. The second kappa shape index (κ2) is 8.43. The monoisotopic (exact) mass is 533 g/mol. The van der Waals surface area contributed by atoms with E-state index in [-0.39, 0.29) is 11.5 Å². The summed E-state index contributed by atoms with van der Waals surface area (Å²) in [6, 6.07) is 14.8. The van der Waals surface area contributed by atoms with Gasteiger partial charge < -0.3 is 10.3 Å². The molecule has 0 fully saturated rings. The van der Waals surface area contributed by atoms with E-state index in [2.05, 4.69) is 9.97 Å². The number of rotatable bonds is 4. The summed E-state index contributed by atoms with van der Waals surface area (Å²) in [6.07, 6.45) is 1.69. The number of aryl methyl sites for hydroxylation is 1. The molecular formula is C26H18Cl2FN7O. The molecule has 11 heteroatoms. The number of halogens is 3. The molecule has 0 spiro atoms. The lowest BCUT2D eigenvalue weighted by atomic mass is 10.1. The number of fused-ring (bicyclic) bond motifs is 2. The van der Waals surface area contributed by atoms with Crippen molar-refractivity contribution < 1.29 is 9.18 Å². The Hall–Kier alpha value is -4.21. The Morgan fingerprint density at radius 3 is 2.51 bits per heavy atom. The summed E-state index contributed by atoms with van der Waals surface area (Å²) >= 11 is 12.6. The summed E-state index contributed by atoms with van der Waals surface area (Å²) in [5.74, 6) is 0.246. The molecular weight excluding hydrogens is 516 g/mol. The van der Waals surface area contributed by atoms with Gasteiger partial charge >= 0.3 is 0 Å². The fourth-order valence-corrected chi connectivity index (χ4v) is 5.01. The van der Waals surface area contributed by atoms with Crippen LogP contribution in [0.3, 0.4) is 0 Å². The topological polar surface area (TPSA) is 96.0 Å². The van der Waals surface area contributed by atoms with Gasteiger partial charge in [-0.1, -0.05) is 23.2 Å². The first-order valence-corrected chi connectivity index (χ1v) is 11.9. The Morgan fingerprint density at radius 1 is 1.03 bits per heavy atom. The van der Waals surface area contributed by atoms with Crippen molar-refractivity contribution >= 4 is 45.7 Å². The third-order valence-corrected chi connectivity index (χ3v) is 6.83. The zero-order valence-electron chi connectivity index (χ0n) is 19.6. The predicted octanol–water partition coefficient (Wildman–Crippen LogP) is 5.59. The van der Waals surface area contributed by atoms with Crippen molar-refractivity contribution in [3.8, 4) is 28.5 Å². The highest BCUT2D eigenvalue weighted by Gasteiger charge is 2.21. The Morgan fingerprint density at radius 2 is 1.78 bits per heavy atom. The molecule has 0 saturated heterocycles. The Labute approximate surface area is 219 Å². The van der Waals surface area contributed by atoms with E-state index >= 15 is 0 Å². The molecule has 6 rings (SSSR count). The van der Waals surface area contributed by atoms with Gasteiger partial charge in [0.2, 0.25) is 0 Å². The summed E-state index contributed by atoms with van der Waals surface area (Å²) in [4.78, 5) is 21.6. The molecule has 0 saturated carbocycles. The minimum Gasteiger partial charge on any atom is -0.364 e. The molecule has 6 aromatic rings. The summed E-state index contributed by atoms with van der Waals surface area (Å²) in [5, 5.41) is 6.22. The molecule has 4 heterocycles. The standard InChI is InChI=1S/C26H18Cl2FN7O/c1-13-31-24(14-3-5-16(29)6-4-14)25(34(13)2)19-7-8-22-32-23(12-35(22)33-19)36-20-10-15(27)9-18(28)17(20)11-21(36)26(30)37/h3-12H,1-2H3,(H2,30,37). The van der Waals surface area contributed by atoms with Crippen molar-refractivity contribution in [1.29, 1.82) is 0 Å². The normalized spacial score (nSPS) is 11.6. The maximum atomic E-state index is 13.5. The molecule has 0 bridgehead atoms. The maximum absolute atomic E-state index is 13.5. The second-order valence-corrected chi connectivity index (χ2v) is 9.44. The molecule has 2 aromatic carbocycles. The second-order valence-electron chi connectivity index (χ2n) is 8.59. The smallest absolute Gasteiger partial charge is 0.265 e. The number of carbonyl (C=O) groups is 1. The number of hydrogen-bond donors (Lipinski definition) is 1. The first-order valence-electron chi connectivity index (χ1n) is 11.2. The number of hydrogen-bond acceptors (Lipinski definition) is 4. The van der Waals surface area contributed by atoms with Gasteiger partial charge in [0.05, 0.1) is 28.1 Å². The van der Waals surface area contributed by atoms with Crippen LogP contribution < -0.4 is 5.73 Å². The molecule has 37 heavy (non-hydrogen) atoms. The molecule has 0 aliphatic carbocycles. The number of carbonyl (C=O) groups excluding carboxylic acids is 1. The molecule has 0 radical (unpaired) electrons. The van der Waals surface area contributed by atoms with E-state index in [1.807, 2.05) is 30.7 Å². The SMILES string of the molecule is Cc1nc(-c2ccc(F)cc2)c(-c2ccc3nc(-n4c(C(N)=O)cc5c(Cl)cc(Cl)cc54)cn3n2)n1C. The predicted molar refractivity (Wildman–Crippen MR) is 141 cm³/mol. The number of amides is 1. The Balaban J connectivity index is 1.54. The number of nitrogens with zero attached hydrogens (tertiary/aromatic N) is 6. The van der Waals surface area contributed by atoms with Gasteiger partial charge in [-0.3, -0.25) is 9.36 Å². The van der Waals surface area contributed by atoms with Crippen LogP contribution in [0.5, 0.6) is 0 Å². The van der Waals surface area contributed by atoms with Gasteiger partial charge in [0.25, 0.3) is 5.91 Å². The third kappa shape index (κ3) is 3.75. The summed E-state index contributed by atoms with van der Waals surface area (Å²) in [5.41, 5.74) is 9.89. The van der Waals surface area contributed by atoms with Crippen LogP contribution in [0, 0.1) is 12.7 Å². The summed E-state index contributed by atoms with van der Waals surface area (Å²) in [7, 11) is 1.90. The van der Waals surface area contributed by atoms with Crippen LogP contribution in [0.4, 0.5) is 4.39 Å². The molecule has 0 unspecified atom stereocenters. The number of imidazole rings is 2. The number of aromatic nitrogens is 6. The van der Waals surface area contributed by atoms with Crippen LogP contribution in [0.1, 0.15) is 16.3 Å². The van der Waals surface area contributed by atoms with Crippen molar-refractivity contribution in [3.05, 3.63) is 88.2 Å². The Kier molecular flexibility index (Phi) is 5.29. The quantitative estimate of drug-likeness (QED) is 0.319. The fraction of sp³-hybridized carbons (Fsp3) is 0.0769. The molecule has 8 nitrogen and oxygen atoms in total. The summed E-state index contributed by atoms with van der Waals surface area (Å²) in [6.45, 7) is 1.89. The van der Waals surface area contributed by atoms with E-state index in [9.17, 15) is 9.18 Å². The molecule has 184 valence electrons. The van der Waals surface area contributed by atoms with Crippen LogP contribution in [0.2, 0.25) is 10.0 Å². The van der Waals surface area contributed by atoms with Crippen LogP contribution in [-0.2, 0) is 7.05 Å². The van der Waals surface area contributed by atoms with Crippen LogP contribution in [-0.4, -0.2) is 34.6 Å². The highest BCUT2D eigenvalue weighted by molar-refractivity contribution is 6.38. The van der Waals surface area contributed by atoms with Gasteiger partial charge in [0.15, 0.2) is 11.5 Å². The fourth-order valence-electron chi connectivity index (χ4n) is 4.47. The average Bonchev–Trinajstić information content (AvgIpc) is 3.52. The third-order valence-electron chi connectivity index (χ3n) is 6.30. The minimum absolute atomic E-state index is 0.212. The van der Waals surface area contributed by atoms with Crippen LogP contribution in [0.15, 0.2) is 60.8 Å². The number of primary amides is 1. The molecule has 0 aliphatic heterocycles. The first kappa shape index (κ1) is 23.2. The van der Waals surface area contributed by atoms with E-state index in [4.69, 9.17) is 34.0 Å². The minimum atomic E-state index is -0.636. The van der Waals surface area contributed by atoms with Crippen molar-refractivity contribution in [2.75, 3.05) is 0 Å². The highest BCUT2D eigenvalue weighted by atomic mass is 35.5. The lowest BCUT2D eigenvalue weighted by Gasteiger charge is -2.07. The van der Waals surface area contributed by atoms with Gasteiger partial charge in [-0.15, -0.1) is 0 Å². The Bertz CT molecular complexity index is 1870. The van der Waals surface area contributed by atoms with Gasteiger partial charge in [0, 0.05) is 23.0 Å². The molecule has 1 amide bonds. The van der Waals surface area contributed by atoms with Crippen molar-refractivity contribution in [1.82, 2.24) is 28.7 Å². The van der Waals surface area contributed by atoms with Crippen molar-refractivity contribution in [3.63, 3.8) is 0 Å². The molecule has 0 atom stereocenters. The van der Waals surface area contributed by atoms with E-state index in [1.165, 1.54) is 12.1 Å². The number of nitrogens with two attached hydrogens (primary N) is 1. The lowest BCUT2D eigenvalue weighted by Crippen LogP contribution is -2.16. The average molecular weight is 534 g/mol. The van der Waals surface area contributed by atoms with E-state index < -0.39 is 5.91 Å².